The molecular weight excluding hydrogens is 403 g/mol. The van der Waals surface area contributed by atoms with Crippen molar-refractivity contribution in [1.29, 1.82) is 0 Å². The van der Waals surface area contributed by atoms with Crippen LogP contribution in [0.5, 0.6) is 0 Å². The molecule has 146 valence electrons. The van der Waals surface area contributed by atoms with Crippen molar-refractivity contribution in [2.75, 3.05) is 37.0 Å². The minimum atomic E-state index is -4.35. The van der Waals surface area contributed by atoms with Crippen molar-refractivity contribution in [3.63, 3.8) is 0 Å². The number of carbonyl (C=O) groups is 2. The Morgan fingerprint density at radius 3 is 2.67 bits per heavy atom. The summed E-state index contributed by atoms with van der Waals surface area (Å²) >= 11 is 1.98. The molecule has 2 amide bonds. The molecular formula is C15H16F3N5O2S2. The minimum absolute atomic E-state index is 0.000239. The Balaban J connectivity index is 1.85. The lowest BCUT2D eigenvalue weighted by Crippen LogP contribution is -2.22. The molecule has 12 heteroatoms. The van der Waals surface area contributed by atoms with Gasteiger partial charge in [-0.05, 0) is 18.2 Å². The SMILES string of the molecule is CN(C)C(=O)c1cccc(NC(=O)CSc2nnc(NCC(F)(F)F)s2)c1. The van der Waals surface area contributed by atoms with Crippen LogP contribution in [0.15, 0.2) is 28.6 Å². The molecule has 0 saturated carbocycles. The number of alkyl halides is 3. The molecule has 1 aromatic carbocycles. The van der Waals surface area contributed by atoms with E-state index in [-0.39, 0.29) is 22.7 Å². The highest BCUT2D eigenvalue weighted by molar-refractivity contribution is 8.01. The van der Waals surface area contributed by atoms with Gasteiger partial charge in [0.05, 0.1) is 5.75 Å². The first-order valence-electron chi connectivity index (χ1n) is 7.52. The van der Waals surface area contributed by atoms with Gasteiger partial charge in [-0.15, -0.1) is 10.2 Å². The predicted molar refractivity (Wildman–Crippen MR) is 98.3 cm³/mol. The van der Waals surface area contributed by atoms with Crippen LogP contribution in [-0.4, -0.2) is 59.5 Å². The first-order chi connectivity index (χ1) is 12.6. The second kappa shape index (κ2) is 9.04. The molecule has 27 heavy (non-hydrogen) atoms. The van der Waals surface area contributed by atoms with E-state index < -0.39 is 12.7 Å². The summed E-state index contributed by atoms with van der Waals surface area (Å²) in [5, 5.41) is 12.1. The number of hydrogen-bond donors (Lipinski definition) is 2. The number of hydrogen-bond acceptors (Lipinski definition) is 7. The molecule has 7 nitrogen and oxygen atoms in total. The third-order valence-electron chi connectivity index (χ3n) is 2.97. The number of nitrogens with zero attached hydrogens (tertiary/aromatic N) is 3. The highest BCUT2D eigenvalue weighted by Crippen LogP contribution is 2.26. The molecule has 0 radical (unpaired) electrons. The lowest BCUT2D eigenvalue weighted by molar-refractivity contribution is -0.115. The first-order valence-corrected chi connectivity index (χ1v) is 9.33. The van der Waals surface area contributed by atoms with E-state index in [9.17, 15) is 22.8 Å². The van der Waals surface area contributed by atoms with Crippen LogP contribution in [0.1, 0.15) is 10.4 Å². The van der Waals surface area contributed by atoms with Gasteiger partial charge in [-0.25, -0.2) is 0 Å². The van der Waals surface area contributed by atoms with Crippen LogP contribution in [-0.2, 0) is 4.79 Å². The van der Waals surface area contributed by atoms with Crippen LogP contribution in [0.4, 0.5) is 24.0 Å². The van der Waals surface area contributed by atoms with Crippen molar-refractivity contribution < 1.29 is 22.8 Å². The zero-order chi connectivity index (χ0) is 20.0. The Morgan fingerprint density at radius 1 is 1.26 bits per heavy atom. The summed E-state index contributed by atoms with van der Waals surface area (Å²) in [5.74, 6) is -0.526. The van der Waals surface area contributed by atoms with Gasteiger partial charge in [0.1, 0.15) is 6.54 Å². The number of amides is 2. The van der Waals surface area contributed by atoms with Gasteiger partial charge in [0, 0.05) is 25.3 Å². The number of benzene rings is 1. The normalized spacial score (nSPS) is 11.1. The number of halogens is 3. The Kier molecular flexibility index (Phi) is 7.02. The van der Waals surface area contributed by atoms with Crippen molar-refractivity contribution >= 4 is 45.7 Å². The van der Waals surface area contributed by atoms with E-state index in [0.29, 0.717) is 15.6 Å². The summed E-state index contributed by atoms with van der Waals surface area (Å²) in [4.78, 5) is 25.4. The Hall–Kier alpha value is -2.34. The van der Waals surface area contributed by atoms with Gasteiger partial charge in [-0.3, -0.25) is 9.59 Å². The third-order valence-corrected chi connectivity index (χ3v) is 4.99. The molecule has 0 fully saturated rings. The summed E-state index contributed by atoms with van der Waals surface area (Å²) in [6, 6.07) is 6.51. The third kappa shape index (κ3) is 7.06. The van der Waals surface area contributed by atoms with Crippen LogP contribution in [0.2, 0.25) is 0 Å². The molecule has 0 bridgehead atoms. The quantitative estimate of drug-likeness (QED) is 0.671. The zero-order valence-corrected chi connectivity index (χ0v) is 16.0. The molecule has 0 unspecified atom stereocenters. The lowest BCUT2D eigenvalue weighted by Gasteiger charge is -2.11. The van der Waals surface area contributed by atoms with Crippen LogP contribution < -0.4 is 10.6 Å². The second-order valence-electron chi connectivity index (χ2n) is 5.46. The molecule has 0 saturated heterocycles. The largest absolute Gasteiger partial charge is 0.405 e. The Morgan fingerprint density at radius 2 is 2.00 bits per heavy atom. The van der Waals surface area contributed by atoms with Gasteiger partial charge in [0.15, 0.2) is 4.34 Å². The van der Waals surface area contributed by atoms with Crippen molar-refractivity contribution in [3.8, 4) is 0 Å². The van der Waals surface area contributed by atoms with Gasteiger partial charge < -0.3 is 15.5 Å². The van der Waals surface area contributed by atoms with E-state index in [4.69, 9.17) is 0 Å². The van der Waals surface area contributed by atoms with E-state index >= 15 is 0 Å². The molecule has 0 aliphatic carbocycles. The number of carbonyl (C=O) groups excluding carboxylic acids is 2. The molecule has 1 heterocycles. The van der Waals surface area contributed by atoms with Crippen molar-refractivity contribution in [2.24, 2.45) is 0 Å². The fourth-order valence-corrected chi connectivity index (χ4v) is 3.38. The smallest absolute Gasteiger partial charge is 0.351 e. The van der Waals surface area contributed by atoms with Gasteiger partial charge in [0.2, 0.25) is 11.0 Å². The molecule has 0 spiro atoms. The van der Waals surface area contributed by atoms with Crippen LogP contribution in [0, 0.1) is 0 Å². The fraction of sp³-hybridized carbons (Fsp3) is 0.333. The average Bonchev–Trinajstić information content (AvgIpc) is 3.05. The summed E-state index contributed by atoms with van der Waals surface area (Å²) in [7, 11) is 3.26. The van der Waals surface area contributed by atoms with Crippen molar-refractivity contribution in [1.82, 2.24) is 15.1 Å². The standard InChI is InChI=1S/C15H16F3N5O2S2/c1-23(2)12(25)9-4-3-5-10(6-9)20-11(24)7-26-14-22-21-13(27-14)19-8-15(16,17)18/h3-6H,7-8H2,1-2H3,(H,19,21)(H,20,24). The van der Waals surface area contributed by atoms with Crippen LogP contribution in [0.25, 0.3) is 0 Å². The Labute approximate surface area is 161 Å². The monoisotopic (exact) mass is 419 g/mol. The zero-order valence-electron chi connectivity index (χ0n) is 14.3. The van der Waals surface area contributed by atoms with Gasteiger partial charge in [-0.2, -0.15) is 13.2 Å². The topological polar surface area (TPSA) is 87.2 Å². The maximum absolute atomic E-state index is 12.1. The number of thioether (sulfide) groups is 1. The van der Waals surface area contributed by atoms with E-state index in [1.54, 1.807) is 38.4 Å². The number of rotatable bonds is 7. The van der Waals surface area contributed by atoms with Crippen molar-refractivity contribution in [3.05, 3.63) is 29.8 Å². The Bertz CT molecular complexity index is 811. The number of aromatic nitrogens is 2. The van der Waals surface area contributed by atoms with Gasteiger partial charge >= 0.3 is 6.18 Å². The summed E-state index contributed by atoms with van der Waals surface area (Å²) in [6.45, 7) is -1.20. The minimum Gasteiger partial charge on any atom is -0.351 e. The molecule has 0 aliphatic rings. The highest BCUT2D eigenvalue weighted by atomic mass is 32.2. The predicted octanol–water partition coefficient (Wildman–Crippen LogP) is 2.94. The first kappa shape index (κ1) is 21.0. The number of anilines is 2. The van der Waals surface area contributed by atoms with E-state index in [0.717, 1.165) is 23.1 Å². The molecule has 2 N–H and O–H groups in total. The maximum atomic E-state index is 12.1. The van der Waals surface area contributed by atoms with E-state index in [1.165, 1.54) is 4.90 Å². The van der Waals surface area contributed by atoms with Gasteiger partial charge in [0.25, 0.3) is 5.91 Å². The highest BCUT2D eigenvalue weighted by Gasteiger charge is 2.27. The fourth-order valence-electron chi connectivity index (χ4n) is 1.83. The number of nitrogens with one attached hydrogen (secondary N) is 2. The summed E-state index contributed by atoms with van der Waals surface area (Å²) in [6.07, 6.45) is -4.35. The average molecular weight is 419 g/mol. The molecule has 2 rings (SSSR count). The lowest BCUT2D eigenvalue weighted by atomic mass is 10.2. The maximum Gasteiger partial charge on any atom is 0.405 e. The molecule has 2 aromatic rings. The summed E-state index contributed by atoms with van der Waals surface area (Å²) in [5.41, 5.74) is 0.910. The second-order valence-corrected chi connectivity index (χ2v) is 7.66. The van der Waals surface area contributed by atoms with Crippen molar-refractivity contribution in [2.45, 2.75) is 10.5 Å². The van der Waals surface area contributed by atoms with Gasteiger partial charge in [-0.1, -0.05) is 29.2 Å². The summed E-state index contributed by atoms with van der Waals surface area (Å²) < 4.78 is 36.8. The van der Waals surface area contributed by atoms with E-state index in [2.05, 4.69) is 20.8 Å². The van der Waals surface area contributed by atoms with E-state index in [1.807, 2.05) is 0 Å². The van der Waals surface area contributed by atoms with Crippen LogP contribution in [0.3, 0.4) is 0 Å². The molecule has 1 aromatic heterocycles. The van der Waals surface area contributed by atoms with Crippen LogP contribution >= 0.6 is 23.1 Å². The molecule has 0 atom stereocenters. The molecule has 0 aliphatic heterocycles.